The van der Waals surface area contributed by atoms with Gasteiger partial charge >= 0.3 is 0 Å². The number of azide groups is 1. The summed E-state index contributed by atoms with van der Waals surface area (Å²) in [6, 6.07) is 7.26. The predicted octanol–water partition coefficient (Wildman–Crippen LogP) is 3.75. The van der Waals surface area contributed by atoms with E-state index < -0.39 is 6.04 Å². The van der Waals surface area contributed by atoms with Gasteiger partial charge in [-0.2, -0.15) is 5.10 Å². The average molecular weight is 418 g/mol. The molecule has 11 heteroatoms. The summed E-state index contributed by atoms with van der Waals surface area (Å²) in [6.07, 6.45) is 5.37. The van der Waals surface area contributed by atoms with E-state index in [1.54, 1.807) is 24.4 Å². The summed E-state index contributed by atoms with van der Waals surface area (Å²) in [4.78, 5) is 16.3. The number of hydrogen-bond donors (Lipinski definition) is 2. The molecule has 0 spiro atoms. The van der Waals surface area contributed by atoms with Crippen molar-refractivity contribution in [2.75, 3.05) is 0 Å². The third-order valence-corrected chi connectivity index (χ3v) is 5.74. The van der Waals surface area contributed by atoms with Gasteiger partial charge in [-0.25, -0.2) is 14.4 Å². The number of aromatic amines is 1. The van der Waals surface area contributed by atoms with Gasteiger partial charge in [-0.3, -0.25) is 10.1 Å². The summed E-state index contributed by atoms with van der Waals surface area (Å²) in [5.41, 5.74) is 17.7. The minimum atomic E-state index is -0.483. The highest BCUT2D eigenvalue weighted by Gasteiger charge is 2.34. The number of nitrogens with two attached hydrogens (primary N) is 1. The zero-order valence-electron chi connectivity index (χ0n) is 16.4. The molecule has 0 saturated heterocycles. The van der Waals surface area contributed by atoms with E-state index in [2.05, 4.69) is 30.2 Å². The number of halogens is 1. The van der Waals surface area contributed by atoms with Crippen LogP contribution in [0.2, 0.25) is 0 Å². The topological polar surface area (TPSA) is 147 Å². The molecule has 156 valence electrons. The standard InChI is InChI=1S/C20H19FN10/c21-12-5-2-1-4-11(12)20-27-15-9-24-14(19-25-10-26-29-19)8-17(15)31(20)16-7-3-6-13(22)18(16)28-30-23/h1-2,4-5,8-10,13,16,18H,3,6-7,22H2,(H,25,26,29)/t13-,16+,18+/m0/s1. The molecule has 1 aromatic carbocycles. The first-order chi connectivity index (χ1) is 15.2. The number of rotatable bonds is 4. The molecule has 3 atom stereocenters. The van der Waals surface area contributed by atoms with E-state index in [0.29, 0.717) is 28.4 Å². The summed E-state index contributed by atoms with van der Waals surface area (Å²) >= 11 is 0. The van der Waals surface area contributed by atoms with Crippen LogP contribution in [0.15, 0.2) is 48.0 Å². The third-order valence-electron chi connectivity index (χ3n) is 5.74. The van der Waals surface area contributed by atoms with Crippen LogP contribution in [0.1, 0.15) is 25.3 Å². The van der Waals surface area contributed by atoms with Gasteiger partial charge in [-0.15, -0.1) is 0 Å². The quantitative estimate of drug-likeness (QED) is 0.294. The van der Waals surface area contributed by atoms with Crippen LogP contribution in [-0.4, -0.2) is 41.8 Å². The number of fused-ring (bicyclic) bond motifs is 1. The molecular formula is C20H19FN10. The van der Waals surface area contributed by atoms with Crippen LogP contribution < -0.4 is 5.73 Å². The Morgan fingerprint density at radius 2 is 2.13 bits per heavy atom. The number of benzene rings is 1. The maximum Gasteiger partial charge on any atom is 0.174 e. The van der Waals surface area contributed by atoms with E-state index >= 15 is 0 Å². The van der Waals surface area contributed by atoms with Crippen molar-refractivity contribution in [1.29, 1.82) is 0 Å². The highest BCUT2D eigenvalue weighted by molar-refractivity contribution is 5.83. The highest BCUT2D eigenvalue weighted by Crippen LogP contribution is 2.38. The van der Waals surface area contributed by atoms with Crippen molar-refractivity contribution in [2.24, 2.45) is 10.8 Å². The number of pyridine rings is 1. The van der Waals surface area contributed by atoms with E-state index in [-0.39, 0.29) is 17.9 Å². The smallest absolute Gasteiger partial charge is 0.174 e. The van der Waals surface area contributed by atoms with Crippen molar-refractivity contribution >= 4 is 11.0 Å². The fourth-order valence-corrected chi connectivity index (χ4v) is 4.32. The Kier molecular flexibility index (Phi) is 4.81. The second kappa shape index (κ2) is 7.78. The number of hydrogen-bond acceptors (Lipinski definition) is 6. The molecule has 1 saturated carbocycles. The van der Waals surface area contributed by atoms with Crippen LogP contribution in [0.25, 0.3) is 44.4 Å². The minimum Gasteiger partial charge on any atom is -0.327 e. The minimum absolute atomic E-state index is 0.274. The van der Waals surface area contributed by atoms with E-state index in [9.17, 15) is 4.39 Å². The van der Waals surface area contributed by atoms with Gasteiger partial charge in [-0.1, -0.05) is 17.2 Å². The van der Waals surface area contributed by atoms with Gasteiger partial charge in [0.2, 0.25) is 0 Å². The Bertz CT molecular complexity index is 1270. The molecule has 0 radical (unpaired) electrons. The maximum absolute atomic E-state index is 14.8. The van der Waals surface area contributed by atoms with Crippen molar-refractivity contribution in [2.45, 2.75) is 37.4 Å². The number of nitrogens with one attached hydrogen (secondary N) is 1. The number of imidazole rings is 1. The molecule has 1 fully saturated rings. The van der Waals surface area contributed by atoms with Crippen molar-refractivity contribution < 1.29 is 4.39 Å². The van der Waals surface area contributed by atoms with Crippen molar-refractivity contribution in [3.63, 3.8) is 0 Å². The summed E-state index contributed by atoms with van der Waals surface area (Å²) in [6.45, 7) is 0. The van der Waals surface area contributed by atoms with Gasteiger partial charge in [0.15, 0.2) is 5.82 Å². The zero-order valence-corrected chi connectivity index (χ0v) is 16.4. The molecule has 31 heavy (non-hydrogen) atoms. The van der Waals surface area contributed by atoms with Gasteiger partial charge in [0, 0.05) is 17.0 Å². The van der Waals surface area contributed by atoms with Crippen LogP contribution in [0.5, 0.6) is 0 Å². The predicted molar refractivity (Wildman–Crippen MR) is 112 cm³/mol. The monoisotopic (exact) mass is 418 g/mol. The van der Waals surface area contributed by atoms with Gasteiger partial charge in [0.1, 0.15) is 29.2 Å². The van der Waals surface area contributed by atoms with E-state index in [4.69, 9.17) is 16.2 Å². The Labute approximate surface area is 176 Å². The Balaban J connectivity index is 1.78. The summed E-state index contributed by atoms with van der Waals surface area (Å²) in [5.74, 6) is 0.568. The Morgan fingerprint density at radius 3 is 2.90 bits per heavy atom. The highest BCUT2D eigenvalue weighted by atomic mass is 19.1. The van der Waals surface area contributed by atoms with Crippen LogP contribution >= 0.6 is 0 Å². The molecule has 10 nitrogen and oxygen atoms in total. The number of nitrogens with zero attached hydrogens (tertiary/aromatic N) is 8. The summed E-state index contributed by atoms with van der Waals surface area (Å²) < 4.78 is 16.7. The lowest BCUT2D eigenvalue weighted by atomic mass is 9.86. The van der Waals surface area contributed by atoms with Crippen LogP contribution in [0, 0.1) is 5.82 Å². The lowest BCUT2D eigenvalue weighted by Crippen LogP contribution is -2.43. The van der Waals surface area contributed by atoms with Crippen LogP contribution in [0.3, 0.4) is 0 Å². The second-order valence-electron chi connectivity index (χ2n) is 7.54. The van der Waals surface area contributed by atoms with Gasteiger partial charge in [0.05, 0.1) is 23.3 Å². The Hall–Kier alpha value is -3.82. The molecule has 5 rings (SSSR count). The van der Waals surface area contributed by atoms with E-state index in [0.717, 1.165) is 24.8 Å². The first-order valence-electron chi connectivity index (χ1n) is 9.96. The van der Waals surface area contributed by atoms with Crippen molar-refractivity contribution in [3.05, 3.63) is 59.1 Å². The molecule has 0 bridgehead atoms. The Morgan fingerprint density at radius 1 is 1.26 bits per heavy atom. The van der Waals surface area contributed by atoms with E-state index in [1.807, 2.05) is 10.6 Å². The van der Waals surface area contributed by atoms with Crippen LogP contribution in [0.4, 0.5) is 4.39 Å². The summed E-state index contributed by atoms with van der Waals surface area (Å²) in [5, 5.41) is 10.7. The fraction of sp³-hybridized carbons (Fsp3) is 0.300. The van der Waals surface area contributed by atoms with Gasteiger partial charge in [0.25, 0.3) is 0 Å². The van der Waals surface area contributed by atoms with Crippen LogP contribution in [-0.2, 0) is 0 Å². The molecule has 0 aliphatic heterocycles. The normalized spacial score (nSPS) is 21.2. The van der Waals surface area contributed by atoms with E-state index in [1.165, 1.54) is 12.4 Å². The van der Waals surface area contributed by atoms with Gasteiger partial charge in [-0.05, 0) is 43.0 Å². The first-order valence-corrected chi connectivity index (χ1v) is 9.96. The second-order valence-corrected chi connectivity index (χ2v) is 7.54. The molecule has 3 aromatic heterocycles. The van der Waals surface area contributed by atoms with Crippen molar-refractivity contribution in [3.8, 4) is 22.9 Å². The average Bonchev–Trinajstić information content (AvgIpc) is 3.43. The number of aromatic nitrogens is 6. The molecule has 4 aromatic rings. The SMILES string of the molecule is [N-]=[N+]=N[C@H]1[C@H](n2c(-c3ccccc3F)nc3cnc(-c4ncn[nH]4)cc32)CCC[C@@H]1N. The van der Waals surface area contributed by atoms with Crippen molar-refractivity contribution in [1.82, 2.24) is 29.7 Å². The molecule has 1 aliphatic rings. The first kappa shape index (κ1) is 19.2. The molecule has 0 unspecified atom stereocenters. The maximum atomic E-state index is 14.8. The fourth-order valence-electron chi connectivity index (χ4n) is 4.32. The number of H-pyrrole nitrogens is 1. The molecule has 3 N–H and O–H groups in total. The lowest BCUT2D eigenvalue weighted by Gasteiger charge is -2.35. The summed E-state index contributed by atoms with van der Waals surface area (Å²) in [7, 11) is 0. The van der Waals surface area contributed by atoms with Gasteiger partial charge < -0.3 is 10.3 Å². The lowest BCUT2D eigenvalue weighted by molar-refractivity contribution is 0.279. The zero-order chi connectivity index (χ0) is 21.4. The third kappa shape index (κ3) is 3.29. The molecular weight excluding hydrogens is 399 g/mol. The largest absolute Gasteiger partial charge is 0.327 e. The molecule has 0 amide bonds. The molecule has 1 aliphatic carbocycles. The molecule has 3 heterocycles.